The molecule has 0 N–H and O–H groups in total. The van der Waals surface area contributed by atoms with Crippen molar-refractivity contribution in [3.8, 4) is 0 Å². The Hall–Kier alpha value is -1.09. The third kappa shape index (κ3) is 2.23. The van der Waals surface area contributed by atoms with Crippen LogP contribution in [-0.2, 0) is 0 Å². The van der Waals surface area contributed by atoms with Gasteiger partial charge in [-0.2, -0.15) is 0 Å². The SMILES string of the molecule is C[C@H](c1ccccc1Cl)[C@@H](C)[N+](=O)[O-]. The van der Waals surface area contributed by atoms with Crippen molar-refractivity contribution in [2.24, 2.45) is 0 Å². The molecule has 2 atom stereocenters. The van der Waals surface area contributed by atoms with Crippen molar-refractivity contribution in [3.05, 3.63) is 45.0 Å². The Morgan fingerprint density at radius 1 is 1.36 bits per heavy atom. The lowest BCUT2D eigenvalue weighted by Gasteiger charge is -2.14. The average Bonchev–Trinajstić information content (AvgIpc) is 2.16. The van der Waals surface area contributed by atoms with Gasteiger partial charge in [-0.05, 0) is 11.6 Å². The standard InChI is InChI=1S/C10H12ClNO2/c1-7(8(2)12(13)14)9-5-3-4-6-10(9)11/h3-8H,1-2H3/t7-,8+/m0/s1. The molecule has 0 bridgehead atoms. The first-order chi connectivity index (χ1) is 6.54. The molecule has 0 aliphatic carbocycles. The van der Waals surface area contributed by atoms with E-state index >= 15 is 0 Å². The van der Waals surface area contributed by atoms with E-state index in [4.69, 9.17) is 11.6 Å². The predicted molar refractivity (Wildman–Crippen MR) is 56.3 cm³/mol. The molecule has 0 fully saturated rings. The zero-order valence-electron chi connectivity index (χ0n) is 8.11. The van der Waals surface area contributed by atoms with Crippen LogP contribution in [0.2, 0.25) is 5.02 Å². The third-order valence-corrected chi connectivity index (χ3v) is 2.80. The highest BCUT2D eigenvalue weighted by molar-refractivity contribution is 6.31. The lowest BCUT2D eigenvalue weighted by atomic mass is 9.95. The Morgan fingerprint density at radius 2 is 1.93 bits per heavy atom. The van der Waals surface area contributed by atoms with Gasteiger partial charge in [0, 0.05) is 22.8 Å². The molecule has 0 unspecified atom stereocenters. The Labute approximate surface area is 87.8 Å². The van der Waals surface area contributed by atoms with Crippen molar-refractivity contribution in [1.82, 2.24) is 0 Å². The van der Waals surface area contributed by atoms with E-state index in [2.05, 4.69) is 0 Å². The molecule has 1 rings (SSSR count). The van der Waals surface area contributed by atoms with Gasteiger partial charge in [-0.3, -0.25) is 10.1 Å². The highest BCUT2D eigenvalue weighted by Gasteiger charge is 2.24. The molecule has 0 amide bonds. The highest BCUT2D eigenvalue weighted by Crippen LogP contribution is 2.27. The summed E-state index contributed by atoms with van der Waals surface area (Å²) in [5.41, 5.74) is 0.832. The van der Waals surface area contributed by atoms with Gasteiger partial charge in [0.05, 0.1) is 0 Å². The summed E-state index contributed by atoms with van der Waals surface area (Å²) in [7, 11) is 0. The van der Waals surface area contributed by atoms with E-state index in [0.29, 0.717) is 5.02 Å². The first-order valence-corrected chi connectivity index (χ1v) is 4.79. The van der Waals surface area contributed by atoms with Crippen LogP contribution in [0.4, 0.5) is 0 Å². The zero-order valence-corrected chi connectivity index (χ0v) is 8.86. The summed E-state index contributed by atoms with van der Waals surface area (Å²) in [4.78, 5) is 10.3. The predicted octanol–water partition coefficient (Wildman–Crippen LogP) is 3.11. The van der Waals surface area contributed by atoms with Gasteiger partial charge in [0.15, 0.2) is 0 Å². The van der Waals surface area contributed by atoms with Crippen LogP contribution in [0.1, 0.15) is 25.3 Å². The van der Waals surface area contributed by atoms with Gasteiger partial charge in [0.1, 0.15) is 0 Å². The molecule has 1 aromatic rings. The summed E-state index contributed by atoms with van der Waals surface area (Å²) in [5, 5.41) is 11.2. The van der Waals surface area contributed by atoms with E-state index in [-0.39, 0.29) is 10.8 Å². The largest absolute Gasteiger partial charge is 0.264 e. The summed E-state index contributed by atoms with van der Waals surface area (Å²) in [5.74, 6) is -0.168. The van der Waals surface area contributed by atoms with Gasteiger partial charge < -0.3 is 0 Å². The fraction of sp³-hybridized carbons (Fsp3) is 0.400. The molecule has 0 spiro atoms. The first-order valence-electron chi connectivity index (χ1n) is 4.42. The number of hydrogen-bond donors (Lipinski definition) is 0. The van der Waals surface area contributed by atoms with Crippen LogP contribution in [0, 0.1) is 10.1 Å². The molecule has 0 radical (unpaired) electrons. The second kappa shape index (κ2) is 4.42. The topological polar surface area (TPSA) is 43.1 Å². The molecule has 0 heterocycles. The summed E-state index contributed by atoms with van der Waals surface area (Å²) in [6, 6.07) is 6.61. The molecule has 0 saturated heterocycles. The van der Waals surface area contributed by atoms with Crippen LogP contribution in [0.25, 0.3) is 0 Å². The lowest BCUT2D eigenvalue weighted by Crippen LogP contribution is -2.22. The van der Waals surface area contributed by atoms with Crippen LogP contribution in [0.15, 0.2) is 24.3 Å². The van der Waals surface area contributed by atoms with E-state index in [1.165, 1.54) is 0 Å². The first kappa shape index (κ1) is 11.0. The van der Waals surface area contributed by atoms with Crippen molar-refractivity contribution in [2.45, 2.75) is 25.8 Å². The van der Waals surface area contributed by atoms with Crippen LogP contribution in [0.3, 0.4) is 0 Å². The number of hydrogen-bond acceptors (Lipinski definition) is 2. The minimum absolute atomic E-state index is 0.168. The van der Waals surface area contributed by atoms with Gasteiger partial charge >= 0.3 is 0 Å². The van der Waals surface area contributed by atoms with Gasteiger partial charge in [-0.1, -0.05) is 36.7 Å². The summed E-state index contributed by atoms with van der Waals surface area (Å²) in [6.45, 7) is 3.41. The molecule has 0 aliphatic rings. The Kier molecular flexibility index (Phi) is 3.47. The number of nitrogens with zero attached hydrogens (tertiary/aromatic N) is 1. The van der Waals surface area contributed by atoms with E-state index < -0.39 is 6.04 Å². The Balaban J connectivity index is 2.94. The Morgan fingerprint density at radius 3 is 2.43 bits per heavy atom. The summed E-state index contributed by atoms with van der Waals surface area (Å²) in [6.07, 6.45) is 0. The smallest absolute Gasteiger partial charge is 0.216 e. The molecular weight excluding hydrogens is 202 g/mol. The van der Waals surface area contributed by atoms with Crippen molar-refractivity contribution < 1.29 is 4.92 Å². The van der Waals surface area contributed by atoms with Crippen LogP contribution < -0.4 is 0 Å². The number of benzene rings is 1. The number of nitro groups is 1. The van der Waals surface area contributed by atoms with Crippen molar-refractivity contribution in [2.75, 3.05) is 0 Å². The fourth-order valence-electron chi connectivity index (χ4n) is 1.29. The normalized spacial score (nSPS) is 14.8. The van der Waals surface area contributed by atoms with Crippen LogP contribution >= 0.6 is 11.6 Å². The molecule has 1 aromatic carbocycles. The maximum Gasteiger partial charge on any atom is 0.216 e. The minimum Gasteiger partial charge on any atom is -0.264 e. The minimum atomic E-state index is -0.616. The van der Waals surface area contributed by atoms with Gasteiger partial charge in [-0.15, -0.1) is 0 Å². The molecule has 14 heavy (non-hydrogen) atoms. The van der Waals surface area contributed by atoms with Crippen molar-refractivity contribution >= 4 is 11.6 Å². The van der Waals surface area contributed by atoms with E-state index in [1.807, 2.05) is 25.1 Å². The maximum absolute atomic E-state index is 10.6. The number of halogens is 1. The molecule has 4 heteroatoms. The third-order valence-electron chi connectivity index (χ3n) is 2.45. The molecule has 0 aromatic heterocycles. The van der Waals surface area contributed by atoms with Gasteiger partial charge in [-0.25, -0.2) is 0 Å². The molecule has 0 aliphatic heterocycles. The van der Waals surface area contributed by atoms with Crippen LogP contribution in [0.5, 0.6) is 0 Å². The fourth-order valence-corrected chi connectivity index (χ4v) is 1.59. The Bertz CT molecular complexity index is 341. The van der Waals surface area contributed by atoms with E-state index in [0.717, 1.165) is 5.56 Å². The lowest BCUT2D eigenvalue weighted by molar-refractivity contribution is -0.521. The van der Waals surface area contributed by atoms with Gasteiger partial charge in [0.25, 0.3) is 0 Å². The second-order valence-corrected chi connectivity index (χ2v) is 3.74. The second-order valence-electron chi connectivity index (χ2n) is 3.34. The quantitative estimate of drug-likeness (QED) is 0.572. The maximum atomic E-state index is 10.6. The zero-order chi connectivity index (χ0) is 10.7. The molecule has 76 valence electrons. The summed E-state index contributed by atoms with van der Waals surface area (Å²) < 4.78 is 0. The molecule has 0 saturated carbocycles. The summed E-state index contributed by atoms with van der Waals surface area (Å²) >= 11 is 5.95. The highest BCUT2D eigenvalue weighted by atomic mass is 35.5. The van der Waals surface area contributed by atoms with E-state index in [1.54, 1.807) is 13.0 Å². The molecular formula is C10H12ClNO2. The molecule has 3 nitrogen and oxygen atoms in total. The monoisotopic (exact) mass is 213 g/mol. The average molecular weight is 214 g/mol. The van der Waals surface area contributed by atoms with Crippen molar-refractivity contribution in [1.29, 1.82) is 0 Å². The van der Waals surface area contributed by atoms with Crippen LogP contribution in [-0.4, -0.2) is 11.0 Å². The van der Waals surface area contributed by atoms with Crippen molar-refractivity contribution in [3.63, 3.8) is 0 Å². The van der Waals surface area contributed by atoms with Gasteiger partial charge in [0.2, 0.25) is 6.04 Å². The van der Waals surface area contributed by atoms with E-state index in [9.17, 15) is 10.1 Å². The number of rotatable bonds is 3.